The monoisotopic (exact) mass is 207 g/mol. The van der Waals surface area contributed by atoms with Gasteiger partial charge in [-0.15, -0.1) is 0 Å². The quantitative estimate of drug-likeness (QED) is 0.478. The molecule has 1 aliphatic carbocycles. The number of hydrogen-bond acceptors (Lipinski definition) is 4. The van der Waals surface area contributed by atoms with Gasteiger partial charge < -0.3 is 4.74 Å². The number of carbonyl (C=O) groups excluding carboxylic acids is 2. The summed E-state index contributed by atoms with van der Waals surface area (Å²) in [6.07, 6.45) is 2.69. The van der Waals surface area contributed by atoms with Gasteiger partial charge in [0.1, 0.15) is 5.41 Å². The van der Waals surface area contributed by atoms with E-state index in [1.54, 1.807) is 0 Å². The van der Waals surface area contributed by atoms with Crippen LogP contribution in [0.2, 0.25) is 0 Å². The lowest BCUT2D eigenvalue weighted by Crippen LogP contribution is -2.47. The fourth-order valence-electron chi connectivity index (χ4n) is 2.76. The summed E-state index contributed by atoms with van der Waals surface area (Å²) < 4.78 is 4.99. The summed E-state index contributed by atoms with van der Waals surface area (Å²) in [5, 5.41) is 8.72. The van der Waals surface area contributed by atoms with E-state index in [2.05, 4.69) is 6.07 Å². The molecule has 0 aromatic rings. The fourth-order valence-corrected chi connectivity index (χ4v) is 2.76. The van der Waals surface area contributed by atoms with Crippen molar-refractivity contribution in [2.75, 3.05) is 6.61 Å². The molecule has 0 amide bonds. The van der Waals surface area contributed by atoms with Crippen LogP contribution in [0.5, 0.6) is 0 Å². The first-order valence-electron chi connectivity index (χ1n) is 5.29. The predicted octanol–water partition coefficient (Wildman–Crippen LogP) is 1.20. The van der Waals surface area contributed by atoms with E-state index in [1.807, 2.05) is 0 Å². The molecule has 0 bridgehead atoms. The summed E-state index contributed by atoms with van der Waals surface area (Å²) in [6.45, 7) is 0.347. The average molecular weight is 207 g/mol. The highest BCUT2D eigenvalue weighted by molar-refractivity contribution is 6.05. The number of ether oxygens (including phenoxy) is 1. The van der Waals surface area contributed by atoms with Gasteiger partial charge in [0, 0.05) is 12.8 Å². The Morgan fingerprint density at radius 3 is 2.93 bits per heavy atom. The van der Waals surface area contributed by atoms with E-state index in [0.29, 0.717) is 25.9 Å². The van der Waals surface area contributed by atoms with Crippen LogP contribution in [-0.4, -0.2) is 18.4 Å². The van der Waals surface area contributed by atoms with Gasteiger partial charge >= 0.3 is 5.97 Å². The molecule has 80 valence electrons. The number of rotatable bonds is 1. The molecule has 2 rings (SSSR count). The molecule has 1 heterocycles. The number of ketones is 1. The highest BCUT2D eigenvalue weighted by Crippen LogP contribution is 2.47. The summed E-state index contributed by atoms with van der Waals surface area (Å²) in [6, 6.07) is 2.07. The van der Waals surface area contributed by atoms with Crippen LogP contribution < -0.4 is 0 Å². The third kappa shape index (κ3) is 1.34. The van der Waals surface area contributed by atoms with Crippen molar-refractivity contribution in [2.45, 2.75) is 32.1 Å². The Hall–Kier alpha value is -1.37. The molecule has 0 aromatic heterocycles. The first-order valence-corrected chi connectivity index (χ1v) is 5.29. The highest BCUT2D eigenvalue weighted by Gasteiger charge is 2.56. The Bertz CT molecular complexity index is 344. The zero-order chi connectivity index (χ0) is 10.9. The summed E-state index contributed by atoms with van der Waals surface area (Å²) in [4.78, 5) is 23.6. The van der Waals surface area contributed by atoms with E-state index in [4.69, 9.17) is 10.00 Å². The Balaban J connectivity index is 2.33. The Morgan fingerprint density at radius 2 is 2.33 bits per heavy atom. The fraction of sp³-hybridized carbons (Fsp3) is 0.727. The van der Waals surface area contributed by atoms with Gasteiger partial charge in [0.25, 0.3) is 0 Å². The highest BCUT2D eigenvalue weighted by atomic mass is 16.5. The topological polar surface area (TPSA) is 67.2 Å². The van der Waals surface area contributed by atoms with Gasteiger partial charge in [0.15, 0.2) is 5.78 Å². The van der Waals surface area contributed by atoms with E-state index in [0.717, 1.165) is 6.42 Å². The van der Waals surface area contributed by atoms with Crippen LogP contribution >= 0.6 is 0 Å². The number of carbonyl (C=O) groups is 2. The number of nitrogens with zero attached hydrogens (tertiary/aromatic N) is 1. The molecule has 0 N–H and O–H groups in total. The second-order valence-electron chi connectivity index (χ2n) is 4.23. The largest absolute Gasteiger partial charge is 0.465 e. The maximum absolute atomic E-state index is 11.8. The maximum atomic E-state index is 11.8. The third-order valence-electron chi connectivity index (χ3n) is 3.57. The lowest BCUT2D eigenvalue weighted by atomic mass is 9.69. The van der Waals surface area contributed by atoms with Crippen molar-refractivity contribution in [3.63, 3.8) is 0 Å². The second kappa shape index (κ2) is 3.65. The van der Waals surface area contributed by atoms with E-state index in [1.165, 1.54) is 0 Å². The molecular formula is C11H13NO3. The van der Waals surface area contributed by atoms with Gasteiger partial charge in [-0.1, -0.05) is 0 Å². The molecular weight excluding hydrogens is 194 g/mol. The molecule has 1 spiro atoms. The molecule has 2 fully saturated rings. The normalized spacial score (nSPS) is 35.3. The summed E-state index contributed by atoms with van der Waals surface area (Å²) >= 11 is 0. The summed E-state index contributed by atoms with van der Waals surface area (Å²) in [5.74, 6) is -0.539. The molecule has 0 radical (unpaired) electrons. The maximum Gasteiger partial charge on any atom is 0.319 e. The van der Waals surface area contributed by atoms with Crippen molar-refractivity contribution in [1.82, 2.24) is 0 Å². The number of cyclic esters (lactones) is 1. The number of hydrogen-bond donors (Lipinski definition) is 0. The standard InChI is InChI=1S/C11H13NO3/c12-6-3-8-4-7-15-10(14)11(8)5-1-2-9(11)13/h8H,1-5,7H2/t8-,11-/m0/s1. The van der Waals surface area contributed by atoms with Crippen molar-refractivity contribution in [2.24, 2.45) is 11.3 Å². The predicted molar refractivity (Wildman–Crippen MR) is 50.6 cm³/mol. The molecule has 1 saturated heterocycles. The van der Waals surface area contributed by atoms with Crippen molar-refractivity contribution in [3.8, 4) is 6.07 Å². The molecule has 15 heavy (non-hydrogen) atoms. The van der Waals surface area contributed by atoms with Crippen LogP contribution in [0.1, 0.15) is 32.1 Å². The second-order valence-corrected chi connectivity index (χ2v) is 4.23. The van der Waals surface area contributed by atoms with Crippen LogP contribution in [-0.2, 0) is 14.3 Å². The minimum Gasteiger partial charge on any atom is -0.465 e. The number of Topliss-reactive ketones (excluding diaryl/α,β-unsaturated/α-hetero) is 1. The summed E-state index contributed by atoms with van der Waals surface area (Å²) in [7, 11) is 0. The van der Waals surface area contributed by atoms with Crippen molar-refractivity contribution >= 4 is 11.8 Å². The molecule has 0 unspecified atom stereocenters. The molecule has 4 nitrogen and oxygen atoms in total. The van der Waals surface area contributed by atoms with Crippen LogP contribution in [0.25, 0.3) is 0 Å². The van der Waals surface area contributed by atoms with Crippen molar-refractivity contribution in [1.29, 1.82) is 5.26 Å². The lowest BCUT2D eigenvalue weighted by Gasteiger charge is -2.36. The number of esters is 1. The average Bonchev–Trinajstić information content (AvgIpc) is 2.58. The van der Waals surface area contributed by atoms with Crippen LogP contribution in [0, 0.1) is 22.7 Å². The van der Waals surface area contributed by atoms with Gasteiger partial charge in [-0.05, 0) is 25.2 Å². The third-order valence-corrected chi connectivity index (χ3v) is 3.57. The van der Waals surface area contributed by atoms with Gasteiger partial charge in [-0.3, -0.25) is 9.59 Å². The first-order chi connectivity index (χ1) is 7.21. The minimum atomic E-state index is -0.964. The zero-order valence-corrected chi connectivity index (χ0v) is 8.49. The molecule has 1 saturated carbocycles. The van der Waals surface area contributed by atoms with Crippen LogP contribution in [0.15, 0.2) is 0 Å². The van der Waals surface area contributed by atoms with Crippen LogP contribution in [0.3, 0.4) is 0 Å². The lowest BCUT2D eigenvalue weighted by molar-refractivity contribution is -0.170. The Labute approximate surface area is 88.2 Å². The molecule has 4 heteroatoms. The molecule has 2 atom stereocenters. The van der Waals surface area contributed by atoms with Crippen molar-refractivity contribution in [3.05, 3.63) is 0 Å². The van der Waals surface area contributed by atoms with Gasteiger partial charge in [0.2, 0.25) is 0 Å². The van der Waals surface area contributed by atoms with E-state index < -0.39 is 11.4 Å². The van der Waals surface area contributed by atoms with Gasteiger partial charge in [-0.25, -0.2) is 0 Å². The smallest absolute Gasteiger partial charge is 0.319 e. The van der Waals surface area contributed by atoms with Crippen molar-refractivity contribution < 1.29 is 14.3 Å². The molecule has 0 aromatic carbocycles. The first kappa shape index (κ1) is 10.2. The molecule has 2 aliphatic rings. The SMILES string of the molecule is N#CC[C@H]1CCOC(=O)[C@@]12CCCC2=O. The minimum absolute atomic E-state index is 0.0209. The van der Waals surface area contributed by atoms with E-state index in [-0.39, 0.29) is 18.1 Å². The van der Waals surface area contributed by atoms with E-state index in [9.17, 15) is 9.59 Å². The zero-order valence-electron chi connectivity index (χ0n) is 8.49. The summed E-state index contributed by atoms with van der Waals surface area (Å²) in [5.41, 5.74) is -0.964. The number of nitriles is 1. The van der Waals surface area contributed by atoms with Crippen LogP contribution in [0.4, 0.5) is 0 Å². The Morgan fingerprint density at radius 1 is 1.53 bits per heavy atom. The van der Waals surface area contributed by atoms with Gasteiger partial charge in [-0.2, -0.15) is 5.26 Å². The van der Waals surface area contributed by atoms with E-state index >= 15 is 0 Å². The molecule has 1 aliphatic heterocycles. The van der Waals surface area contributed by atoms with Gasteiger partial charge in [0.05, 0.1) is 12.7 Å². The Kier molecular flexibility index (Phi) is 2.47.